The average molecular weight is 319 g/mol. The van der Waals surface area contributed by atoms with Gasteiger partial charge in [0.15, 0.2) is 0 Å². The maximum atomic E-state index is 12.3. The lowest BCUT2D eigenvalue weighted by atomic mass is 10.1. The van der Waals surface area contributed by atoms with Crippen LogP contribution in [0.3, 0.4) is 0 Å². The molecule has 2 aromatic carbocycles. The Morgan fingerprint density at radius 3 is 2.71 bits per heavy atom. The first-order chi connectivity index (χ1) is 11.7. The minimum Gasteiger partial charge on any atom is -0.352 e. The first kappa shape index (κ1) is 14.9. The van der Waals surface area contributed by atoms with E-state index in [2.05, 4.69) is 35.0 Å². The highest BCUT2D eigenvalue weighted by atomic mass is 16.2. The summed E-state index contributed by atoms with van der Waals surface area (Å²) >= 11 is 0. The molecule has 1 aliphatic rings. The molecular weight excluding hydrogens is 298 g/mol. The Bertz CT molecular complexity index is 893. The Hall–Kier alpha value is -2.62. The highest BCUT2D eigenvalue weighted by Gasteiger charge is 2.24. The van der Waals surface area contributed by atoms with Gasteiger partial charge in [0.25, 0.3) is 0 Å². The number of amides is 1. The Morgan fingerprint density at radius 2 is 1.92 bits per heavy atom. The molecule has 1 fully saturated rings. The van der Waals surface area contributed by atoms with Crippen LogP contribution in [0.4, 0.5) is 0 Å². The smallest absolute Gasteiger partial charge is 0.240 e. The molecule has 3 aromatic rings. The van der Waals surface area contributed by atoms with Gasteiger partial charge in [-0.05, 0) is 43.0 Å². The van der Waals surface area contributed by atoms with E-state index in [0.717, 1.165) is 36.1 Å². The van der Waals surface area contributed by atoms with Crippen LogP contribution in [0.2, 0.25) is 0 Å². The van der Waals surface area contributed by atoms with Crippen molar-refractivity contribution < 1.29 is 4.79 Å². The molecule has 4 heteroatoms. The molecule has 4 nitrogen and oxygen atoms in total. The third-order valence-corrected chi connectivity index (χ3v) is 4.59. The summed E-state index contributed by atoms with van der Waals surface area (Å²) in [5, 5.41) is 3.07. The maximum Gasteiger partial charge on any atom is 0.240 e. The number of aromatic nitrogens is 2. The largest absolute Gasteiger partial charge is 0.352 e. The molecule has 0 aliphatic heterocycles. The zero-order valence-electron chi connectivity index (χ0n) is 13.8. The molecule has 0 spiro atoms. The molecule has 0 radical (unpaired) electrons. The minimum absolute atomic E-state index is 0.0756. The van der Waals surface area contributed by atoms with Gasteiger partial charge in [0, 0.05) is 12.5 Å². The lowest BCUT2D eigenvalue weighted by molar-refractivity contribution is -0.121. The molecule has 1 amide bonds. The van der Waals surface area contributed by atoms with Crippen molar-refractivity contribution in [2.24, 2.45) is 0 Å². The zero-order chi connectivity index (χ0) is 16.5. The fourth-order valence-electron chi connectivity index (χ4n) is 3.06. The van der Waals surface area contributed by atoms with Gasteiger partial charge in [0.2, 0.25) is 5.91 Å². The van der Waals surface area contributed by atoms with Crippen LogP contribution in [0.15, 0.2) is 48.5 Å². The molecule has 1 heterocycles. The highest BCUT2D eigenvalue weighted by molar-refractivity contribution is 5.81. The first-order valence-electron chi connectivity index (χ1n) is 8.49. The number of hydrogen-bond acceptors (Lipinski definition) is 2. The Kier molecular flexibility index (Phi) is 3.81. The number of para-hydroxylation sites is 2. The second-order valence-electron chi connectivity index (χ2n) is 6.55. The van der Waals surface area contributed by atoms with Crippen LogP contribution in [-0.4, -0.2) is 21.5 Å². The van der Waals surface area contributed by atoms with Gasteiger partial charge >= 0.3 is 0 Å². The van der Waals surface area contributed by atoms with Crippen molar-refractivity contribution in [3.8, 4) is 0 Å². The van der Waals surface area contributed by atoms with E-state index in [1.54, 1.807) is 0 Å². The molecule has 1 N–H and O–H groups in total. The summed E-state index contributed by atoms with van der Waals surface area (Å²) in [6, 6.07) is 16.7. The number of carbonyl (C=O) groups is 1. The quantitative estimate of drug-likeness (QED) is 0.785. The van der Waals surface area contributed by atoms with Gasteiger partial charge in [-0.25, -0.2) is 4.98 Å². The van der Waals surface area contributed by atoms with Gasteiger partial charge in [-0.1, -0.05) is 36.4 Å². The van der Waals surface area contributed by atoms with E-state index in [0.29, 0.717) is 12.6 Å². The van der Waals surface area contributed by atoms with E-state index >= 15 is 0 Å². The van der Waals surface area contributed by atoms with Crippen molar-refractivity contribution in [3.63, 3.8) is 0 Å². The number of nitrogens with zero attached hydrogens (tertiary/aromatic N) is 2. The van der Waals surface area contributed by atoms with Crippen LogP contribution in [0.1, 0.15) is 29.8 Å². The number of carbonyl (C=O) groups excluding carboxylic acids is 1. The maximum absolute atomic E-state index is 12.3. The van der Waals surface area contributed by atoms with Crippen molar-refractivity contribution in [2.45, 2.75) is 38.8 Å². The summed E-state index contributed by atoms with van der Waals surface area (Å²) < 4.78 is 2.06. The van der Waals surface area contributed by atoms with Crippen LogP contribution in [0.25, 0.3) is 11.0 Å². The summed E-state index contributed by atoms with van der Waals surface area (Å²) in [6.45, 7) is 2.44. The first-order valence-corrected chi connectivity index (χ1v) is 8.49. The predicted molar refractivity (Wildman–Crippen MR) is 94.9 cm³/mol. The van der Waals surface area contributed by atoms with Crippen molar-refractivity contribution in [1.29, 1.82) is 0 Å². The SMILES string of the molecule is Cc1ccccc1Cc1nc2ccccc2n1CC(=O)NC1CC1. The van der Waals surface area contributed by atoms with E-state index in [9.17, 15) is 4.79 Å². The Morgan fingerprint density at radius 1 is 1.17 bits per heavy atom. The topological polar surface area (TPSA) is 46.9 Å². The number of nitrogens with one attached hydrogen (secondary N) is 1. The monoisotopic (exact) mass is 319 g/mol. The van der Waals surface area contributed by atoms with Crippen LogP contribution in [0.5, 0.6) is 0 Å². The third kappa shape index (κ3) is 3.04. The zero-order valence-corrected chi connectivity index (χ0v) is 13.8. The molecule has 1 saturated carbocycles. The van der Waals surface area contributed by atoms with Crippen LogP contribution in [0, 0.1) is 6.92 Å². The highest BCUT2D eigenvalue weighted by Crippen LogP contribution is 2.21. The summed E-state index contributed by atoms with van der Waals surface area (Å²) in [4.78, 5) is 17.1. The van der Waals surface area contributed by atoms with Crippen molar-refractivity contribution >= 4 is 16.9 Å². The van der Waals surface area contributed by atoms with Crippen molar-refractivity contribution in [3.05, 3.63) is 65.5 Å². The fraction of sp³-hybridized carbons (Fsp3) is 0.300. The van der Waals surface area contributed by atoms with E-state index in [-0.39, 0.29) is 5.91 Å². The predicted octanol–water partition coefficient (Wildman–Crippen LogP) is 3.21. The van der Waals surface area contributed by atoms with Gasteiger partial charge in [0.05, 0.1) is 11.0 Å². The molecule has 1 aromatic heterocycles. The molecule has 122 valence electrons. The van der Waals surface area contributed by atoms with Crippen LogP contribution in [-0.2, 0) is 17.8 Å². The van der Waals surface area contributed by atoms with E-state index in [1.807, 2.05) is 30.3 Å². The minimum atomic E-state index is 0.0756. The number of aryl methyl sites for hydroxylation is 1. The van der Waals surface area contributed by atoms with Gasteiger partial charge in [-0.15, -0.1) is 0 Å². The second kappa shape index (κ2) is 6.11. The van der Waals surface area contributed by atoms with Crippen LogP contribution >= 0.6 is 0 Å². The Labute approximate surface area is 141 Å². The second-order valence-corrected chi connectivity index (χ2v) is 6.55. The number of rotatable bonds is 5. The van der Waals surface area contributed by atoms with Crippen LogP contribution < -0.4 is 5.32 Å². The summed E-state index contributed by atoms with van der Waals surface area (Å²) in [6.07, 6.45) is 2.94. The summed E-state index contributed by atoms with van der Waals surface area (Å²) in [5.41, 5.74) is 4.46. The lowest BCUT2D eigenvalue weighted by Gasteiger charge is -2.11. The molecule has 0 saturated heterocycles. The van der Waals surface area contributed by atoms with Gasteiger partial charge < -0.3 is 9.88 Å². The molecule has 0 atom stereocenters. The van der Waals surface area contributed by atoms with E-state index in [1.165, 1.54) is 11.1 Å². The number of benzene rings is 2. The summed E-state index contributed by atoms with van der Waals surface area (Å²) in [7, 11) is 0. The number of fused-ring (bicyclic) bond motifs is 1. The molecule has 0 unspecified atom stereocenters. The van der Waals surface area contributed by atoms with Crippen molar-refractivity contribution in [1.82, 2.24) is 14.9 Å². The van der Waals surface area contributed by atoms with Crippen molar-refractivity contribution in [2.75, 3.05) is 0 Å². The molecule has 1 aliphatic carbocycles. The fourth-order valence-corrected chi connectivity index (χ4v) is 3.06. The average Bonchev–Trinajstić information content (AvgIpc) is 3.32. The molecular formula is C20H21N3O. The van der Waals surface area contributed by atoms with Gasteiger partial charge in [-0.3, -0.25) is 4.79 Å². The number of imidazole rings is 1. The van der Waals surface area contributed by atoms with E-state index < -0.39 is 0 Å². The number of hydrogen-bond donors (Lipinski definition) is 1. The van der Waals surface area contributed by atoms with E-state index in [4.69, 9.17) is 4.98 Å². The van der Waals surface area contributed by atoms with Gasteiger partial charge in [0.1, 0.15) is 12.4 Å². The van der Waals surface area contributed by atoms with Gasteiger partial charge in [-0.2, -0.15) is 0 Å². The lowest BCUT2D eigenvalue weighted by Crippen LogP contribution is -2.29. The summed E-state index contributed by atoms with van der Waals surface area (Å²) in [5.74, 6) is 1.02. The molecule has 0 bridgehead atoms. The standard InChI is InChI=1S/C20H21N3O/c1-14-6-2-3-7-15(14)12-19-22-17-8-4-5-9-18(17)23(19)13-20(24)21-16-10-11-16/h2-9,16H,10-13H2,1H3,(H,21,24). The molecule has 24 heavy (non-hydrogen) atoms. The third-order valence-electron chi connectivity index (χ3n) is 4.59. The molecule has 4 rings (SSSR count). The Balaban J connectivity index is 1.69. The normalized spacial score (nSPS) is 14.0.